The van der Waals surface area contributed by atoms with E-state index >= 15 is 0 Å². The third kappa shape index (κ3) is 4.73. The molecule has 2 N–H and O–H groups in total. The second-order valence-electron chi connectivity index (χ2n) is 6.10. The van der Waals surface area contributed by atoms with E-state index in [1.54, 1.807) is 0 Å². The van der Waals surface area contributed by atoms with E-state index in [-0.39, 0.29) is 5.75 Å². The van der Waals surface area contributed by atoms with Crippen molar-refractivity contribution < 1.29 is 8.42 Å². The molecule has 8 nitrogen and oxygen atoms in total. The van der Waals surface area contributed by atoms with E-state index in [4.69, 9.17) is 5.14 Å². The summed E-state index contributed by atoms with van der Waals surface area (Å²) in [5, 5.41) is 13.3. The highest BCUT2D eigenvalue weighted by Crippen LogP contribution is 2.16. The summed E-state index contributed by atoms with van der Waals surface area (Å²) in [5.74, 6) is 1.94. The van der Waals surface area contributed by atoms with Gasteiger partial charge in [-0.1, -0.05) is 0 Å². The predicted molar refractivity (Wildman–Crippen MR) is 84.6 cm³/mol. The standard InChI is InChI=1S/C13H26N6O2S/c1-11-15-16-13(18(11)3)10-17(2)12-5-7-19(9-12)6-4-8-22(14,20)21/h12H,4-10H2,1-3H3,(H2,14,20,21). The summed E-state index contributed by atoms with van der Waals surface area (Å²) in [7, 11) is 0.735. The Kier molecular flexibility index (Phi) is 5.54. The molecular weight excluding hydrogens is 304 g/mol. The predicted octanol–water partition coefficient (Wildman–Crippen LogP) is -0.692. The molecule has 0 aromatic carbocycles. The average molecular weight is 330 g/mol. The van der Waals surface area contributed by atoms with E-state index in [0.717, 1.165) is 44.2 Å². The van der Waals surface area contributed by atoms with Gasteiger partial charge in [-0.05, 0) is 39.9 Å². The zero-order chi connectivity index (χ0) is 16.3. The number of aryl methyl sites for hydroxylation is 1. The third-order valence-electron chi connectivity index (χ3n) is 4.35. The Hall–Kier alpha value is -1.03. The van der Waals surface area contributed by atoms with Crippen molar-refractivity contribution in [2.24, 2.45) is 12.2 Å². The van der Waals surface area contributed by atoms with Crippen molar-refractivity contribution in [2.75, 3.05) is 32.4 Å². The Morgan fingerprint density at radius 1 is 1.41 bits per heavy atom. The maximum Gasteiger partial charge on any atom is 0.209 e. The lowest BCUT2D eigenvalue weighted by Crippen LogP contribution is -2.35. The van der Waals surface area contributed by atoms with Crippen molar-refractivity contribution in [2.45, 2.75) is 32.4 Å². The van der Waals surface area contributed by atoms with Gasteiger partial charge >= 0.3 is 0 Å². The third-order valence-corrected chi connectivity index (χ3v) is 5.21. The van der Waals surface area contributed by atoms with Crippen LogP contribution in [-0.2, 0) is 23.6 Å². The van der Waals surface area contributed by atoms with Gasteiger partial charge in [0.15, 0.2) is 0 Å². The van der Waals surface area contributed by atoms with Gasteiger partial charge in [0.25, 0.3) is 0 Å². The summed E-state index contributed by atoms with van der Waals surface area (Å²) in [6.07, 6.45) is 1.68. The molecule has 1 saturated heterocycles. The second-order valence-corrected chi connectivity index (χ2v) is 7.84. The van der Waals surface area contributed by atoms with Gasteiger partial charge in [0.05, 0.1) is 12.3 Å². The first kappa shape index (κ1) is 17.3. The fraction of sp³-hybridized carbons (Fsp3) is 0.846. The van der Waals surface area contributed by atoms with Crippen molar-refractivity contribution in [3.8, 4) is 0 Å². The number of primary sulfonamides is 1. The summed E-state index contributed by atoms with van der Waals surface area (Å²) >= 11 is 0. The Morgan fingerprint density at radius 3 is 2.73 bits per heavy atom. The van der Waals surface area contributed by atoms with E-state index in [2.05, 4.69) is 27.0 Å². The number of likely N-dealkylation sites (tertiary alicyclic amines) is 1. The number of aromatic nitrogens is 3. The van der Waals surface area contributed by atoms with Crippen LogP contribution in [0.1, 0.15) is 24.5 Å². The molecule has 22 heavy (non-hydrogen) atoms. The normalized spacial score (nSPS) is 20.1. The Bertz CT molecular complexity index is 600. The minimum atomic E-state index is -3.34. The molecule has 0 amide bonds. The molecule has 0 aliphatic carbocycles. The second kappa shape index (κ2) is 7.03. The van der Waals surface area contributed by atoms with E-state index in [1.165, 1.54) is 0 Å². The van der Waals surface area contributed by atoms with Crippen LogP contribution in [0.4, 0.5) is 0 Å². The zero-order valence-corrected chi connectivity index (χ0v) is 14.4. The lowest BCUT2D eigenvalue weighted by molar-refractivity contribution is 0.218. The number of hydrogen-bond acceptors (Lipinski definition) is 6. The Labute approximate surface area is 132 Å². The lowest BCUT2D eigenvalue weighted by Gasteiger charge is -2.24. The molecule has 0 saturated carbocycles. The molecule has 9 heteroatoms. The molecule has 1 atom stereocenters. The van der Waals surface area contributed by atoms with Crippen LogP contribution in [0.2, 0.25) is 0 Å². The topological polar surface area (TPSA) is 97.3 Å². The molecule has 0 spiro atoms. The van der Waals surface area contributed by atoms with Gasteiger partial charge in [0, 0.05) is 19.6 Å². The molecular formula is C13H26N6O2S. The molecule has 126 valence electrons. The van der Waals surface area contributed by atoms with Gasteiger partial charge in [-0.3, -0.25) is 4.90 Å². The summed E-state index contributed by atoms with van der Waals surface area (Å²) in [6.45, 7) is 5.45. The first-order valence-electron chi connectivity index (χ1n) is 7.54. The highest BCUT2D eigenvalue weighted by Gasteiger charge is 2.26. The van der Waals surface area contributed by atoms with Crippen LogP contribution in [0.15, 0.2) is 0 Å². The summed E-state index contributed by atoms with van der Waals surface area (Å²) in [4.78, 5) is 4.59. The van der Waals surface area contributed by atoms with E-state index in [0.29, 0.717) is 12.5 Å². The Morgan fingerprint density at radius 2 is 2.14 bits per heavy atom. The monoisotopic (exact) mass is 330 g/mol. The largest absolute Gasteiger partial charge is 0.317 e. The molecule has 1 aromatic heterocycles. The van der Waals surface area contributed by atoms with Crippen LogP contribution in [0, 0.1) is 6.92 Å². The van der Waals surface area contributed by atoms with Gasteiger partial charge in [0.2, 0.25) is 10.0 Å². The number of nitrogens with two attached hydrogens (primary N) is 1. The summed E-state index contributed by atoms with van der Waals surface area (Å²) < 4.78 is 23.9. The molecule has 2 heterocycles. The van der Waals surface area contributed by atoms with Crippen LogP contribution in [0.3, 0.4) is 0 Å². The number of sulfonamides is 1. The molecule has 2 rings (SSSR count). The molecule has 1 aliphatic rings. The van der Waals surface area contributed by atoms with Crippen molar-refractivity contribution in [1.29, 1.82) is 0 Å². The average Bonchev–Trinajstić information content (AvgIpc) is 3.00. The lowest BCUT2D eigenvalue weighted by atomic mass is 10.2. The van der Waals surface area contributed by atoms with E-state index in [9.17, 15) is 8.42 Å². The fourth-order valence-electron chi connectivity index (χ4n) is 2.81. The van der Waals surface area contributed by atoms with Gasteiger partial charge in [-0.2, -0.15) is 0 Å². The summed E-state index contributed by atoms with van der Waals surface area (Å²) in [5.41, 5.74) is 0. The van der Waals surface area contributed by atoms with Crippen molar-refractivity contribution in [3.63, 3.8) is 0 Å². The van der Waals surface area contributed by atoms with Crippen molar-refractivity contribution in [3.05, 3.63) is 11.6 Å². The van der Waals surface area contributed by atoms with Crippen LogP contribution < -0.4 is 5.14 Å². The van der Waals surface area contributed by atoms with Gasteiger partial charge in [-0.15, -0.1) is 10.2 Å². The fourth-order valence-corrected chi connectivity index (χ4v) is 3.34. The van der Waals surface area contributed by atoms with Gasteiger partial charge in [0.1, 0.15) is 11.6 Å². The quantitative estimate of drug-likeness (QED) is 0.710. The molecule has 1 unspecified atom stereocenters. The van der Waals surface area contributed by atoms with Gasteiger partial charge in [-0.25, -0.2) is 13.6 Å². The molecule has 1 aromatic rings. The van der Waals surface area contributed by atoms with E-state index < -0.39 is 10.0 Å². The van der Waals surface area contributed by atoms with Gasteiger partial charge < -0.3 is 9.47 Å². The van der Waals surface area contributed by atoms with Crippen LogP contribution in [0.25, 0.3) is 0 Å². The molecule has 1 aliphatic heterocycles. The first-order chi connectivity index (χ1) is 10.3. The smallest absolute Gasteiger partial charge is 0.209 e. The first-order valence-corrected chi connectivity index (χ1v) is 9.26. The summed E-state index contributed by atoms with van der Waals surface area (Å²) in [6, 6.07) is 0.464. The van der Waals surface area contributed by atoms with Crippen LogP contribution >= 0.6 is 0 Å². The minimum absolute atomic E-state index is 0.0578. The molecule has 0 bridgehead atoms. The number of hydrogen-bond donors (Lipinski definition) is 1. The molecule has 1 fully saturated rings. The number of nitrogens with zero attached hydrogens (tertiary/aromatic N) is 5. The highest BCUT2D eigenvalue weighted by molar-refractivity contribution is 7.89. The van der Waals surface area contributed by atoms with Crippen molar-refractivity contribution >= 4 is 10.0 Å². The number of rotatable bonds is 7. The van der Waals surface area contributed by atoms with E-state index in [1.807, 2.05) is 18.5 Å². The molecule has 0 radical (unpaired) electrons. The number of likely N-dealkylation sites (N-methyl/N-ethyl adjacent to an activating group) is 1. The highest BCUT2D eigenvalue weighted by atomic mass is 32.2. The minimum Gasteiger partial charge on any atom is -0.317 e. The van der Waals surface area contributed by atoms with Crippen molar-refractivity contribution in [1.82, 2.24) is 24.6 Å². The van der Waals surface area contributed by atoms with Crippen LogP contribution in [0.5, 0.6) is 0 Å². The zero-order valence-electron chi connectivity index (χ0n) is 13.6. The maximum absolute atomic E-state index is 11.0. The SMILES string of the molecule is Cc1nnc(CN(C)C2CCN(CCCS(N)(=O)=O)C2)n1C. The van der Waals surface area contributed by atoms with Crippen LogP contribution in [-0.4, -0.2) is 71.5 Å². The Balaban J connectivity index is 1.78. The maximum atomic E-state index is 11.0.